The highest BCUT2D eigenvalue weighted by Gasteiger charge is 2.18. The van der Waals surface area contributed by atoms with E-state index in [0.717, 1.165) is 22.2 Å². The van der Waals surface area contributed by atoms with Crippen LogP contribution in [-0.4, -0.2) is 25.9 Å². The molecular weight excluding hydrogens is 308 g/mol. The second-order valence-corrected chi connectivity index (χ2v) is 6.47. The standard InChI is InChI=1S/C14H17ClN4OS/c1-8-11(15)6-5-7-12(8)16-13(20)9(2)21-14-18-17-10(3)19(14)4/h5-7,9H,1-4H3,(H,16,20)/t9-/m0/s1. The number of nitrogens with zero attached hydrogens (tertiary/aromatic N) is 3. The van der Waals surface area contributed by atoms with Crippen molar-refractivity contribution >= 4 is 35.0 Å². The normalized spacial score (nSPS) is 12.2. The van der Waals surface area contributed by atoms with Gasteiger partial charge in [-0.2, -0.15) is 0 Å². The highest BCUT2D eigenvalue weighted by molar-refractivity contribution is 8.00. The minimum absolute atomic E-state index is 0.0916. The van der Waals surface area contributed by atoms with Crippen LogP contribution in [0, 0.1) is 13.8 Å². The van der Waals surface area contributed by atoms with E-state index in [9.17, 15) is 4.79 Å². The molecule has 0 aliphatic rings. The fourth-order valence-corrected chi connectivity index (χ4v) is 2.71. The first kappa shape index (κ1) is 15.9. The van der Waals surface area contributed by atoms with E-state index >= 15 is 0 Å². The van der Waals surface area contributed by atoms with Gasteiger partial charge >= 0.3 is 0 Å². The van der Waals surface area contributed by atoms with Gasteiger partial charge in [0.2, 0.25) is 5.91 Å². The maximum Gasteiger partial charge on any atom is 0.237 e. The molecule has 2 aromatic rings. The van der Waals surface area contributed by atoms with E-state index in [1.807, 2.05) is 44.5 Å². The second kappa shape index (κ2) is 6.49. The topological polar surface area (TPSA) is 59.8 Å². The van der Waals surface area contributed by atoms with Crippen LogP contribution in [0.25, 0.3) is 0 Å². The largest absolute Gasteiger partial charge is 0.325 e. The summed E-state index contributed by atoms with van der Waals surface area (Å²) in [6.45, 7) is 5.59. The molecule has 0 radical (unpaired) electrons. The minimum Gasteiger partial charge on any atom is -0.325 e. The fourth-order valence-electron chi connectivity index (χ4n) is 1.68. The Labute approximate surface area is 133 Å². The van der Waals surface area contributed by atoms with Crippen molar-refractivity contribution in [3.63, 3.8) is 0 Å². The summed E-state index contributed by atoms with van der Waals surface area (Å²) in [6, 6.07) is 5.45. The summed E-state index contributed by atoms with van der Waals surface area (Å²) in [5.74, 6) is 0.724. The molecule has 7 heteroatoms. The van der Waals surface area contributed by atoms with Gasteiger partial charge in [-0.3, -0.25) is 4.79 Å². The van der Waals surface area contributed by atoms with Crippen LogP contribution in [-0.2, 0) is 11.8 Å². The molecule has 5 nitrogen and oxygen atoms in total. The Morgan fingerprint density at radius 2 is 2.10 bits per heavy atom. The summed E-state index contributed by atoms with van der Waals surface area (Å²) >= 11 is 7.42. The van der Waals surface area contributed by atoms with E-state index in [0.29, 0.717) is 5.02 Å². The van der Waals surface area contributed by atoms with E-state index < -0.39 is 0 Å². The zero-order valence-corrected chi connectivity index (χ0v) is 13.9. The van der Waals surface area contributed by atoms with Crippen molar-refractivity contribution in [3.8, 4) is 0 Å². The molecule has 2 rings (SSSR count). The van der Waals surface area contributed by atoms with Crippen LogP contribution in [0.15, 0.2) is 23.4 Å². The predicted molar refractivity (Wildman–Crippen MR) is 85.9 cm³/mol. The SMILES string of the molecule is Cc1c(Cl)cccc1NC(=O)[C@H](C)Sc1nnc(C)n1C. The molecule has 1 atom stereocenters. The number of thioether (sulfide) groups is 1. The lowest BCUT2D eigenvalue weighted by atomic mass is 10.2. The number of hydrogen-bond acceptors (Lipinski definition) is 4. The van der Waals surface area contributed by atoms with Gasteiger partial charge in [0.1, 0.15) is 5.82 Å². The highest BCUT2D eigenvalue weighted by Crippen LogP contribution is 2.25. The molecule has 1 aromatic heterocycles. The van der Waals surface area contributed by atoms with Crippen LogP contribution in [0.5, 0.6) is 0 Å². The molecule has 112 valence electrons. The molecule has 1 N–H and O–H groups in total. The Morgan fingerprint density at radius 3 is 2.71 bits per heavy atom. The first-order valence-corrected chi connectivity index (χ1v) is 7.74. The van der Waals surface area contributed by atoms with E-state index in [1.54, 1.807) is 6.07 Å². The maximum atomic E-state index is 12.3. The Balaban J connectivity index is 2.06. The molecule has 0 bridgehead atoms. The number of aryl methyl sites for hydroxylation is 1. The number of carbonyl (C=O) groups is 1. The van der Waals surface area contributed by atoms with Gasteiger partial charge in [-0.25, -0.2) is 0 Å². The molecule has 0 aliphatic carbocycles. The number of rotatable bonds is 4. The van der Waals surface area contributed by atoms with Crippen molar-refractivity contribution in [1.82, 2.24) is 14.8 Å². The molecule has 0 saturated heterocycles. The molecule has 0 saturated carbocycles. The lowest BCUT2D eigenvalue weighted by Crippen LogP contribution is -2.23. The predicted octanol–water partition coefficient (Wildman–Crippen LogP) is 3.20. The number of aromatic nitrogens is 3. The van der Waals surface area contributed by atoms with Crippen molar-refractivity contribution in [2.45, 2.75) is 31.2 Å². The lowest BCUT2D eigenvalue weighted by molar-refractivity contribution is -0.115. The van der Waals surface area contributed by atoms with Crippen molar-refractivity contribution < 1.29 is 4.79 Å². The monoisotopic (exact) mass is 324 g/mol. The van der Waals surface area contributed by atoms with Gasteiger partial charge in [-0.15, -0.1) is 10.2 Å². The summed E-state index contributed by atoms with van der Waals surface area (Å²) < 4.78 is 1.86. The van der Waals surface area contributed by atoms with Gasteiger partial charge in [-0.05, 0) is 38.5 Å². The van der Waals surface area contributed by atoms with Gasteiger partial charge in [0.15, 0.2) is 5.16 Å². The number of anilines is 1. The van der Waals surface area contributed by atoms with Gasteiger partial charge in [0, 0.05) is 17.8 Å². The third kappa shape index (κ3) is 3.57. The molecule has 0 spiro atoms. The van der Waals surface area contributed by atoms with Crippen molar-refractivity contribution in [2.75, 3.05) is 5.32 Å². The number of hydrogen-bond donors (Lipinski definition) is 1. The molecule has 0 aliphatic heterocycles. The van der Waals surface area contributed by atoms with Crippen LogP contribution in [0.3, 0.4) is 0 Å². The Morgan fingerprint density at radius 1 is 1.38 bits per heavy atom. The summed E-state index contributed by atoms with van der Waals surface area (Å²) in [5.41, 5.74) is 1.59. The average molecular weight is 325 g/mol. The van der Waals surface area contributed by atoms with E-state index in [-0.39, 0.29) is 11.2 Å². The quantitative estimate of drug-likeness (QED) is 0.877. The van der Waals surface area contributed by atoms with E-state index in [2.05, 4.69) is 15.5 Å². The van der Waals surface area contributed by atoms with Crippen LogP contribution in [0.4, 0.5) is 5.69 Å². The van der Waals surface area contributed by atoms with Gasteiger partial charge < -0.3 is 9.88 Å². The lowest BCUT2D eigenvalue weighted by Gasteiger charge is -2.13. The number of halogens is 1. The Hall–Kier alpha value is -1.53. The molecule has 0 fully saturated rings. The summed E-state index contributed by atoms with van der Waals surface area (Å²) in [4.78, 5) is 12.3. The Bertz CT molecular complexity index is 671. The molecule has 21 heavy (non-hydrogen) atoms. The smallest absolute Gasteiger partial charge is 0.237 e. The number of amides is 1. The molecule has 1 heterocycles. The van der Waals surface area contributed by atoms with Crippen molar-refractivity contribution in [1.29, 1.82) is 0 Å². The molecule has 0 unspecified atom stereocenters. The average Bonchev–Trinajstić information content (AvgIpc) is 2.75. The van der Waals surface area contributed by atoms with Crippen LogP contribution in [0.2, 0.25) is 5.02 Å². The third-order valence-corrected chi connectivity index (χ3v) is 4.77. The first-order valence-electron chi connectivity index (χ1n) is 6.48. The molecule has 1 aromatic carbocycles. The first-order chi connectivity index (χ1) is 9.90. The third-order valence-electron chi connectivity index (χ3n) is 3.23. The van der Waals surface area contributed by atoms with E-state index in [1.165, 1.54) is 11.8 Å². The van der Waals surface area contributed by atoms with Gasteiger partial charge in [0.25, 0.3) is 0 Å². The zero-order chi connectivity index (χ0) is 15.6. The van der Waals surface area contributed by atoms with Crippen LogP contribution < -0.4 is 5.32 Å². The fraction of sp³-hybridized carbons (Fsp3) is 0.357. The van der Waals surface area contributed by atoms with Crippen LogP contribution in [0.1, 0.15) is 18.3 Å². The molecule has 1 amide bonds. The summed E-state index contributed by atoms with van der Waals surface area (Å²) in [5, 5.41) is 12.0. The van der Waals surface area contributed by atoms with Gasteiger partial charge in [0.05, 0.1) is 5.25 Å². The Kier molecular flexibility index (Phi) is 4.90. The number of nitrogens with one attached hydrogen (secondary N) is 1. The number of benzene rings is 1. The highest BCUT2D eigenvalue weighted by atomic mass is 35.5. The van der Waals surface area contributed by atoms with Crippen molar-refractivity contribution in [2.24, 2.45) is 7.05 Å². The zero-order valence-electron chi connectivity index (χ0n) is 12.3. The van der Waals surface area contributed by atoms with Crippen LogP contribution >= 0.6 is 23.4 Å². The second-order valence-electron chi connectivity index (χ2n) is 4.75. The van der Waals surface area contributed by atoms with Gasteiger partial charge in [-0.1, -0.05) is 29.4 Å². The van der Waals surface area contributed by atoms with Crippen molar-refractivity contribution in [3.05, 3.63) is 34.6 Å². The summed E-state index contributed by atoms with van der Waals surface area (Å²) in [6.07, 6.45) is 0. The number of carbonyl (C=O) groups excluding carboxylic acids is 1. The van der Waals surface area contributed by atoms with E-state index in [4.69, 9.17) is 11.6 Å². The minimum atomic E-state index is -0.286. The summed E-state index contributed by atoms with van der Waals surface area (Å²) in [7, 11) is 1.88. The molecular formula is C14H17ClN4OS. The maximum absolute atomic E-state index is 12.3.